The zero-order valence-corrected chi connectivity index (χ0v) is 12.9. The summed E-state index contributed by atoms with van der Waals surface area (Å²) in [6.45, 7) is 6.50. The van der Waals surface area contributed by atoms with Crippen molar-refractivity contribution in [2.24, 2.45) is 0 Å². The summed E-state index contributed by atoms with van der Waals surface area (Å²) in [7, 11) is -1.88. The molecule has 1 rings (SSSR count). The average molecular weight is 285 g/mol. The molecule has 19 heavy (non-hydrogen) atoms. The fourth-order valence-electron chi connectivity index (χ4n) is 1.93. The third kappa shape index (κ3) is 3.78. The van der Waals surface area contributed by atoms with E-state index in [0.717, 1.165) is 12.0 Å². The molecule has 0 spiro atoms. The third-order valence-corrected chi connectivity index (χ3v) is 5.45. The molecule has 0 aliphatic heterocycles. The number of hydrogen-bond acceptors (Lipinski definition) is 3. The van der Waals surface area contributed by atoms with Gasteiger partial charge in [-0.2, -0.15) is 4.31 Å². The average Bonchev–Trinajstić information content (AvgIpc) is 2.38. The number of sulfonamides is 1. The van der Waals surface area contributed by atoms with Crippen LogP contribution in [0.4, 0.5) is 0 Å². The first-order chi connectivity index (χ1) is 8.95. The van der Waals surface area contributed by atoms with Crippen molar-refractivity contribution >= 4 is 10.0 Å². The van der Waals surface area contributed by atoms with Gasteiger partial charge in [-0.15, -0.1) is 0 Å². The van der Waals surface area contributed by atoms with Crippen LogP contribution < -0.4 is 0 Å². The second-order valence-corrected chi connectivity index (χ2v) is 6.49. The van der Waals surface area contributed by atoms with Crippen molar-refractivity contribution in [3.63, 3.8) is 0 Å². The first-order valence-corrected chi connectivity index (χ1v) is 7.95. The number of nitrogens with zero attached hydrogens (tertiary/aromatic N) is 1. The molecule has 0 aliphatic rings. The van der Waals surface area contributed by atoms with Crippen LogP contribution >= 0.6 is 0 Å². The largest absolute Gasteiger partial charge is 0.383 e. The van der Waals surface area contributed by atoms with Crippen LogP contribution in [-0.2, 0) is 14.8 Å². The number of benzene rings is 1. The van der Waals surface area contributed by atoms with Crippen LogP contribution in [0.25, 0.3) is 0 Å². The van der Waals surface area contributed by atoms with Gasteiger partial charge in [-0.3, -0.25) is 0 Å². The Morgan fingerprint density at radius 3 is 2.47 bits per heavy atom. The van der Waals surface area contributed by atoms with Crippen molar-refractivity contribution in [3.05, 3.63) is 29.8 Å². The smallest absolute Gasteiger partial charge is 0.243 e. The Hall–Kier alpha value is -0.910. The summed E-state index contributed by atoms with van der Waals surface area (Å²) in [6, 6.07) is 7.03. The van der Waals surface area contributed by atoms with Crippen LogP contribution in [0.15, 0.2) is 29.2 Å². The van der Waals surface area contributed by atoms with Crippen molar-refractivity contribution in [1.82, 2.24) is 4.31 Å². The predicted octanol–water partition coefficient (Wildman–Crippen LogP) is 2.43. The molecule has 1 aromatic carbocycles. The van der Waals surface area contributed by atoms with Gasteiger partial charge in [0.1, 0.15) is 0 Å². The zero-order valence-electron chi connectivity index (χ0n) is 12.1. The summed E-state index contributed by atoms with van der Waals surface area (Å²) < 4.78 is 32.0. The SMILES string of the molecule is CCC(C)N(CCOC)S(=O)(=O)c1ccccc1C. The van der Waals surface area contributed by atoms with Crippen molar-refractivity contribution in [1.29, 1.82) is 0 Å². The van der Waals surface area contributed by atoms with Gasteiger partial charge in [0.05, 0.1) is 11.5 Å². The molecule has 0 N–H and O–H groups in total. The molecule has 0 aromatic heterocycles. The lowest BCUT2D eigenvalue weighted by Crippen LogP contribution is -2.40. The molecule has 0 saturated carbocycles. The van der Waals surface area contributed by atoms with Crippen LogP contribution in [0, 0.1) is 6.92 Å². The van der Waals surface area contributed by atoms with E-state index in [4.69, 9.17) is 4.74 Å². The highest BCUT2D eigenvalue weighted by Crippen LogP contribution is 2.22. The van der Waals surface area contributed by atoms with E-state index in [2.05, 4.69) is 0 Å². The fourth-order valence-corrected chi connectivity index (χ4v) is 3.85. The number of methoxy groups -OCH3 is 1. The highest BCUT2D eigenvalue weighted by Gasteiger charge is 2.28. The summed E-state index contributed by atoms with van der Waals surface area (Å²) in [4.78, 5) is 0.381. The predicted molar refractivity (Wildman–Crippen MR) is 76.7 cm³/mol. The maximum Gasteiger partial charge on any atom is 0.243 e. The number of aryl methyl sites for hydroxylation is 1. The van der Waals surface area contributed by atoms with E-state index in [-0.39, 0.29) is 6.04 Å². The first-order valence-electron chi connectivity index (χ1n) is 6.51. The Labute approximate surface area is 116 Å². The van der Waals surface area contributed by atoms with Crippen molar-refractivity contribution < 1.29 is 13.2 Å². The molecule has 0 aliphatic carbocycles. The minimum absolute atomic E-state index is 0.0419. The quantitative estimate of drug-likeness (QED) is 0.773. The molecule has 1 aromatic rings. The molecular formula is C14H23NO3S. The van der Waals surface area contributed by atoms with Gasteiger partial charge < -0.3 is 4.74 Å². The monoisotopic (exact) mass is 285 g/mol. The van der Waals surface area contributed by atoms with Gasteiger partial charge in [0.15, 0.2) is 0 Å². The van der Waals surface area contributed by atoms with Crippen LogP contribution in [0.1, 0.15) is 25.8 Å². The minimum atomic E-state index is -3.46. The Morgan fingerprint density at radius 1 is 1.32 bits per heavy atom. The highest BCUT2D eigenvalue weighted by molar-refractivity contribution is 7.89. The second kappa shape index (κ2) is 7.03. The van der Waals surface area contributed by atoms with E-state index in [0.29, 0.717) is 18.0 Å². The maximum atomic E-state index is 12.7. The van der Waals surface area contributed by atoms with Gasteiger partial charge in [0.2, 0.25) is 10.0 Å². The van der Waals surface area contributed by atoms with Gasteiger partial charge in [0, 0.05) is 19.7 Å². The van der Waals surface area contributed by atoms with E-state index in [1.54, 1.807) is 19.2 Å². The summed E-state index contributed by atoms with van der Waals surface area (Å²) in [5.74, 6) is 0. The number of ether oxygens (including phenoxy) is 1. The molecule has 108 valence electrons. The van der Waals surface area contributed by atoms with E-state index < -0.39 is 10.0 Å². The molecule has 5 heteroatoms. The van der Waals surface area contributed by atoms with Crippen LogP contribution in [0.3, 0.4) is 0 Å². The molecule has 0 bridgehead atoms. The van der Waals surface area contributed by atoms with Gasteiger partial charge in [-0.05, 0) is 31.9 Å². The van der Waals surface area contributed by atoms with Gasteiger partial charge in [-0.1, -0.05) is 25.1 Å². The Bertz CT molecular complexity index is 499. The highest BCUT2D eigenvalue weighted by atomic mass is 32.2. The third-order valence-electron chi connectivity index (χ3n) is 3.28. The van der Waals surface area contributed by atoms with Crippen molar-refractivity contribution in [2.45, 2.75) is 38.1 Å². The molecule has 1 unspecified atom stereocenters. The lowest BCUT2D eigenvalue weighted by Gasteiger charge is -2.28. The molecule has 0 radical (unpaired) electrons. The van der Waals surface area contributed by atoms with Crippen LogP contribution in [0.2, 0.25) is 0 Å². The standard InChI is InChI=1S/C14H23NO3S/c1-5-13(3)15(10-11-18-4)19(16,17)14-9-7-6-8-12(14)2/h6-9,13H,5,10-11H2,1-4H3. The van der Waals surface area contributed by atoms with Gasteiger partial charge >= 0.3 is 0 Å². The molecule has 0 heterocycles. The molecule has 0 fully saturated rings. The molecule has 0 saturated heterocycles. The summed E-state index contributed by atoms with van der Waals surface area (Å²) >= 11 is 0. The van der Waals surface area contributed by atoms with E-state index in [1.165, 1.54) is 4.31 Å². The fraction of sp³-hybridized carbons (Fsp3) is 0.571. The summed E-state index contributed by atoms with van der Waals surface area (Å²) in [5, 5.41) is 0. The molecular weight excluding hydrogens is 262 g/mol. The molecule has 4 nitrogen and oxygen atoms in total. The summed E-state index contributed by atoms with van der Waals surface area (Å²) in [5.41, 5.74) is 0.771. The normalized spacial score (nSPS) is 13.7. The summed E-state index contributed by atoms with van der Waals surface area (Å²) in [6.07, 6.45) is 0.773. The van der Waals surface area contributed by atoms with E-state index in [1.807, 2.05) is 32.9 Å². The maximum absolute atomic E-state index is 12.7. The number of hydrogen-bond donors (Lipinski definition) is 0. The van der Waals surface area contributed by atoms with Crippen molar-refractivity contribution in [2.75, 3.05) is 20.3 Å². The van der Waals surface area contributed by atoms with E-state index in [9.17, 15) is 8.42 Å². The minimum Gasteiger partial charge on any atom is -0.383 e. The first kappa shape index (κ1) is 16.1. The van der Waals surface area contributed by atoms with Gasteiger partial charge in [-0.25, -0.2) is 8.42 Å². The Kier molecular flexibility index (Phi) is 5.97. The lowest BCUT2D eigenvalue weighted by molar-refractivity contribution is 0.167. The van der Waals surface area contributed by atoms with Crippen LogP contribution in [-0.4, -0.2) is 39.0 Å². The topological polar surface area (TPSA) is 46.6 Å². The Balaban J connectivity index is 3.16. The molecule has 0 amide bonds. The molecule has 1 atom stereocenters. The van der Waals surface area contributed by atoms with E-state index >= 15 is 0 Å². The zero-order chi connectivity index (χ0) is 14.5. The van der Waals surface area contributed by atoms with Crippen molar-refractivity contribution in [3.8, 4) is 0 Å². The second-order valence-electron chi connectivity index (χ2n) is 4.63. The number of rotatable bonds is 7. The van der Waals surface area contributed by atoms with Crippen LogP contribution in [0.5, 0.6) is 0 Å². The van der Waals surface area contributed by atoms with Gasteiger partial charge in [0.25, 0.3) is 0 Å². The Morgan fingerprint density at radius 2 is 1.95 bits per heavy atom. The lowest BCUT2D eigenvalue weighted by atomic mass is 10.2.